The number of nitrogens with zero attached hydrogens (tertiary/aromatic N) is 4. The van der Waals surface area contributed by atoms with E-state index in [2.05, 4.69) is 72.2 Å². The fourth-order valence-electron chi connectivity index (χ4n) is 8.29. The highest BCUT2D eigenvalue weighted by Crippen LogP contribution is 2.32. The van der Waals surface area contributed by atoms with Gasteiger partial charge in [0.05, 0.1) is 11.4 Å². The monoisotopic (exact) mass is 886 g/mol. The number of carbonyl (C=O) groups excluding carboxylic acids is 2. The first kappa shape index (κ1) is 51.1. The molecule has 2 fully saturated rings. The van der Waals surface area contributed by atoms with Crippen molar-refractivity contribution >= 4 is 35.1 Å². The van der Waals surface area contributed by atoms with Gasteiger partial charge in [0.1, 0.15) is 23.8 Å². The summed E-state index contributed by atoms with van der Waals surface area (Å²) in [6.07, 6.45) is 2.42. The van der Waals surface area contributed by atoms with Gasteiger partial charge in [0, 0.05) is 65.6 Å². The Morgan fingerprint density at radius 2 is 0.922 bits per heavy atom. The number of anilines is 2. The van der Waals surface area contributed by atoms with Crippen LogP contribution in [0.25, 0.3) is 0 Å². The number of halogens is 2. The van der Waals surface area contributed by atoms with Gasteiger partial charge in [0.2, 0.25) is 0 Å². The van der Waals surface area contributed by atoms with Crippen LogP contribution in [-0.4, -0.2) is 122 Å². The van der Waals surface area contributed by atoms with E-state index in [9.17, 15) is 18.4 Å². The van der Waals surface area contributed by atoms with Crippen LogP contribution in [0.3, 0.4) is 0 Å². The lowest BCUT2D eigenvalue weighted by Crippen LogP contribution is -2.55. The fourth-order valence-corrected chi connectivity index (χ4v) is 8.29. The average molecular weight is 887 g/mol. The van der Waals surface area contributed by atoms with E-state index in [1.54, 1.807) is 60.0 Å². The van der Waals surface area contributed by atoms with Crippen molar-refractivity contribution in [2.75, 3.05) is 63.3 Å². The maximum Gasteiger partial charge on any atom is 0.414 e. The van der Waals surface area contributed by atoms with Gasteiger partial charge in [-0.05, 0) is 86.8 Å². The van der Waals surface area contributed by atoms with Gasteiger partial charge in [-0.15, -0.1) is 0 Å². The third-order valence-electron chi connectivity index (χ3n) is 12.0. The lowest BCUT2D eigenvalue weighted by Gasteiger charge is -2.43. The smallest absolute Gasteiger partial charge is 0.414 e. The van der Waals surface area contributed by atoms with Crippen LogP contribution < -0.4 is 9.80 Å². The molecule has 2 aliphatic rings. The van der Waals surface area contributed by atoms with E-state index in [1.165, 1.54) is 37.5 Å². The van der Waals surface area contributed by atoms with Gasteiger partial charge in [-0.25, -0.2) is 18.4 Å². The van der Waals surface area contributed by atoms with Crippen molar-refractivity contribution in [1.82, 2.24) is 9.80 Å². The average Bonchev–Trinajstić information content (AvgIpc) is 3.30. The second-order valence-electron chi connectivity index (χ2n) is 16.4. The van der Waals surface area contributed by atoms with E-state index in [1.807, 2.05) is 12.1 Å². The molecule has 0 saturated carbocycles. The van der Waals surface area contributed by atoms with E-state index >= 15 is 0 Å². The highest BCUT2D eigenvalue weighted by atomic mass is 19.1. The zero-order valence-corrected chi connectivity index (χ0v) is 37.8. The summed E-state index contributed by atoms with van der Waals surface area (Å²) in [6.45, 7) is 13.3. The van der Waals surface area contributed by atoms with Crippen molar-refractivity contribution in [3.63, 3.8) is 0 Å². The topological polar surface area (TPSA) is 140 Å². The molecular weight excluding hydrogens is 823 g/mol. The van der Waals surface area contributed by atoms with Crippen LogP contribution in [0.2, 0.25) is 0 Å². The molecule has 2 N–H and O–H groups in total. The van der Waals surface area contributed by atoms with Crippen LogP contribution in [0.4, 0.5) is 20.2 Å². The Morgan fingerprint density at radius 3 is 1.22 bits per heavy atom. The Kier molecular flexibility index (Phi) is 20.5. The zero-order chi connectivity index (χ0) is 46.8. The van der Waals surface area contributed by atoms with Gasteiger partial charge in [0.15, 0.2) is 0 Å². The Labute approximate surface area is 376 Å². The van der Waals surface area contributed by atoms with Crippen molar-refractivity contribution in [2.24, 2.45) is 11.8 Å². The summed E-state index contributed by atoms with van der Waals surface area (Å²) in [5.74, 6) is -4.31. The zero-order valence-electron chi connectivity index (χ0n) is 37.8. The lowest BCUT2D eigenvalue weighted by molar-refractivity contribution is -0.159. The third-order valence-corrected chi connectivity index (χ3v) is 12.0. The predicted octanol–water partition coefficient (Wildman–Crippen LogP) is 7.45. The highest BCUT2D eigenvalue weighted by Gasteiger charge is 2.38. The van der Waals surface area contributed by atoms with Gasteiger partial charge < -0.3 is 39.3 Å². The molecule has 4 aromatic carbocycles. The summed E-state index contributed by atoms with van der Waals surface area (Å²) in [6, 6.07) is 33.9. The Morgan fingerprint density at radius 1 is 0.594 bits per heavy atom. The van der Waals surface area contributed by atoms with Crippen LogP contribution >= 0.6 is 0 Å². The van der Waals surface area contributed by atoms with Crippen LogP contribution in [0.1, 0.15) is 51.7 Å². The summed E-state index contributed by atoms with van der Waals surface area (Å²) in [5.41, 5.74) is 3.35. The molecule has 5 unspecified atom stereocenters. The molecule has 6 atom stereocenters. The van der Waals surface area contributed by atoms with Crippen LogP contribution in [-0.2, 0) is 41.5 Å². The molecule has 0 aromatic heterocycles. The maximum atomic E-state index is 14.6. The molecule has 0 aliphatic carbocycles. The minimum atomic E-state index is -1.82. The molecule has 0 spiro atoms. The second kappa shape index (κ2) is 25.7. The molecule has 0 radical (unpaired) electrons. The molecule has 0 bridgehead atoms. The SMILES string of the molecule is COC(C)C(=O)N(c1ccccc1F)C1CCN(CCc2ccccc2)CC1C.COC(C)C(=O)N(c1ccccc1F)C1CCN(CCc2ccccc2)C[C@H]1C.O=C(O)C(=O)O. The van der Waals surface area contributed by atoms with Crippen LogP contribution in [0, 0.1) is 23.5 Å². The summed E-state index contributed by atoms with van der Waals surface area (Å²) >= 11 is 0. The normalized spacial score (nSPS) is 19.7. The number of hydrogen-bond donors (Lipinski definition) is 2. The molecule has 346 valence electrons. The van der Waals surface area contributed by atoms with E-state index in [-0.39, 0.29) is 47.4 Å². The molecule has 2 aliphatic heterocycles. The third kappa shape index (κ3) is 14.8. The largest absolute Gasteiger partial charge is 0.473 e. The minimum absolute atomic E-state index is 0.0509. The number of piperidine rings is 2. The highest BCUT2D eigenvalue weighted by molar-refractivity contribution is 6.27. The van der Waals surface area contributed by atoms with Crippen LogP contribution in [0.5, 0.6) is 0 Å². The first-order valence-corrected chi connectivity index (χ1v) is 21.9. The number of amides is 2. The van der Waals surface area contributed by atoms with Gasteiger partial charge in [-0.1, -0.05) is 98.8 Å². The lowest BCUT2D eigenvalue weighted by atomic mass is 9.91. The molecule has 12 nitrogen and oxygen atoms in total. The van der Waals surface area contributed by atoms with Gasteiger partial charge in [-0.3, -0.25) is 9.59 Å². The van der Waals surface area contributed by atoms with Crippen molar-refractivity contribution in [3.05, 3.63) is 132 Å². The van der Waals surface area contributed by atoms with Crippen molar-refractivity contribution < 1.29 is 47.6 Å². The van der Waals surface area contributed by atoms with Gasteiger partial charge >= 0.3 is 11.9 Å². The minimum Gasteiger partial charge on any atom is -0.473 e. The molecule has 14 heteroatoms. The van der Waals surface area contributed by atoms with Crippen molar-refractivity contribution in [3.8, 4) is 0 Å². The summed E-state index contributed by atoms with van der Waals surface area (Å²) in [4.78, 5) is 52.5. The fraction of sp³-hybridized carbons (Fsp3) is 0.440. The van der Waals surface area contributed by atoms with Crippen LogP contribution in [0.15, 0.2) is 109 Å². The standard InChI is InChI=1S/2C24H31FN2O2.C2H2O4/c2*1-18-17-26(15-13-20-9-5-4-6-10-20)16-14-22(18)27(24(28)19(2)29-3)23-12-8-7-11-21(23)25;3-1(4)2(5)6/h2*4-12,18-19,22H,13-17H2,1-3H3;(H,3,4)(H,5,6)/t18-,19?,22?;;/m1../s1. The summed E-state index contributed by atoms with van der Waals surface area (Å²) in [7, 11) is 3.02. The number of carboxylic acids is 2. The number of benzene rings is 4. The number of aliphatic carboxylic acids is 2. The second-order valence-corrected chi connectivity index (χ2v) is 16.4. The van der Waals surface area contributed by atoms with E-state index in [0.717, 1.165) is 65.0 Å². The molecule has 6 rings (SSSR count). The van der Waals surface area contributed by atoms with E-state index in [0.29, 0.717) is 11.4 Å². The number of hydrogen-bond acceptors (Lipinski definition) is 8. The van der Waals surface area contributed by atoms with E-state index in [4.69, 9.17) is 29.3 Å². The van der Waals surface area contributed by atoms with Gasteiger partial charge in [-0.2, -0.15) is 0 Å². The van der Waals surface area contributed by atoms with Crippen molar-refractivity contribution in [2.45, 2.75) is 77.7 Å². The molecule has 2 amide bonds. The Bertz CT molecular complexity index is 1930. The Hall–Kier alpha value is -5.54. The maximum absolute atomic E-state index is 14.6. The number of methoxy groups -OCH3 is 2. The number of para-hydroxylation sites is 2. The Balaban J connectivity index is 0.000000249. The first-order chi connectivity index (χ1) is 30.7. The van der Waals surface area contributed by atoms with Gasteiger partial charge in [0.25, 0.3) is 11.8 Å². The van der Waals surface area contributed by atoms with Crippen molar-refractivity contribution in [1.29, 1.82) is 0 Å². The molecule has 2 saturated heterocycles. The summed E-state index contributed by atoms with van der Waals surface area (Å²) < 4.78 is 39.7. The molecule has 4 aromatic rings. The number of carboxylic acid groups (broad SMARTS) is 2. The first-order valence-electron chi connectivity index (χ1n) is 21.9. The molecule has 64 heavy (non-hydrogen) atoms. The molecular formula is C50H64F2N4O8. The predicted molar refractivity (Wildman–Crippen MR) is 244 cm³/mol. The number of carbonyl (C=O) groups is 4. The number of rotatable bonds is 14. The van der Waals surface area contributed by atoms with E-state index < -0.39 is 24.1 Å². The number of likely N-dealkylation sites (tertiary alicyclic amines) is 2. The number of ether oxygens (including phenoxy) is 2. The summed E-state index contributed by atoms with van der Waals surface area (Å²) in [5, 5.41) is 14.8. The molecule has 2 heterocycles. The quantitative estimate of drug-likeness (QED) is 0.123.